The standard InChI is InChI=1S/C21H21BrN2O5/c1-2-3-9-28-19(26)17-18(23)29-15-6-4-5-14(25)16(15)21(17)12-10-11(22)7-8-13(12)24-20(21)27/h7-8,10H,2-6,9,23H2,1H3,(H,24,27)/t21-/m0/s1. The van der Waals surface area contributed by atoms with Gasteiger partial charge in [-0.2, -0.15) is 0 Å². The number of hydrogen-bond acceptors (Lipinski definition) is 6. The molecular weight excluding hydrogens is 440 g/mol. The van der Waals surface area contributed by atoms with Crippen LogP contribution in [-0.4, -0.2) is 24.3 Å². The Morgan fingerprint density at radius 2 is 2.14 bits per heavy atom. The van der Waals surface area contributed by atoms with E-state index in [0.717, 1.165) is 6.42 Å². The van der Waals surface area contributed by atoms with Crippen LogP contribution in [0.3, 0.4) is 0 Å². The zero-order valence-corrected chi connectivity index (χ0v) is 17.6. The number of allylic oxidation sites excluding steroid dienone is 1. The summed E-state index contributed by atoms with van der Waals surface area (Å²) in [6, 6.07) is 5.24. The second-order valence-electron chi connectivity index (χ2n) is 7.30. The molecule has 152 valence electrons. The monoisotopic (exact) mass is 460 g/mol. The molecule has 0 saturated carbocycles. The summed E-state index contributed by atoms with van der Waals surface area (Å²) in [5, 5.41) is 2.81. The van der Waals surface area contributed by atoms with Crippen LogP contribution in [0.4, 0.5) is 5.69 Å². The SMILES string of the molecule is CCCCOC(=O)C1=C(N)OC2=C(C(=O)CCC2)[C@]12C(=O)Nc1ccc(Br)cc12. The fraction of sp³-hybridized carbons (Fsp3) is 0.381. The lowest BCUT2D eigenvalue weighted by atomic mass is 9.65. The van der Waals surface area contributed by atoms with Crippen molar-refractivity contribution in [3.05, 3.63) is 51.0 Å². The number of halogens is 1. The summed E-state index contributed by atoms with van der Waals surface area (Å²) >= 11 is 3.43. The van der Waals surface area contributed by atoms with Crippen molar-refractivity contribution < 1.29 is 23.9 Å². The minimum absolute atomic E-state index is 0.128. The third kappa shape index (κ3) is 2.88. The molecule has 8 heteroatoms. The van der Waals surface area contributed by atoms with Gasteiger partial charge in [-0.05, 0) is 31.0 Å². The molecule has 3 N–H and O–H groups in total. The summed E-state index contributed by atoms with van der Waals surface area (Å²) in [5.74, 6) is -1.30. The molecule has 2 heterocycles. The highest BCUT2D eigenvalue weighted by Gasteiger charge is 2.61. The van der Waals surface area contributed by atoms with Crippen LogP contribution in [0.1, 0.15) is 44.6 Å². The molecule has 0 fully saturated rings. The molecule has 0 aromatic heterocycles. The number of esters is 1. The Kier molecular flexibility index (Phi) is 4.98. The average molecular weight is 461 g/mol. The van der Waals surface area contributed by atoms with Gasteiger partial charge in [0, 0.05) is 28.6 Å². The molecule has 1 amide bonds. The second-order valence-corrected chi connectivity index (χ2v) is 8.22. The molecule has 0 unspecified atom stereocenters. The van der Waals surface area contributed by atoms with Gasteiger partial charge in [0.25, 0.3) is 0 Å². The van der Waals surface area contributed by atoms with Crippen molar-refractivity contribution in [1.82, 2.24) is 0 Å². The number of nitrogens with one attached hydrogen (secondary N) is 1. The van der Waals surface area contributed by atoms with E-state index in [1.807, 2.05) is 6.92 Å². The summed E-state index contributed by atoms with van der Waals surface area (Å²) in [5.41, 5.74) is 5.58. The fourth-order valence-electron chi connectivity index (χ4n) is 4.23. The summed E-state index contributed by atoms with van der Waals surface area (Å²) in [6.07, 6.45) is 2.86. The molecule has 1 aromatic carbocycles. The van der Waals surface area contributed by atoms with E-state index >= 15 is 0 Å². The Labute approximate surface area is 176 Å². The number of benzene rings is 1. The summed E-state index contributed by atoms with van der Waals surface area (Å²) in [6.45, 7) is 2.16. The van der Waals surface area contributed by atoms with Gasteiger partial charge in [0.2, 0.25) is 11.8 Å². The first-order valence-electron chi connectivity index (χ1n) is 9.64. The third-order valence-electron chi connectivity index (χ3n) is 5.50. The number of carbonyl (C=O) groups excluding carboxylic acids is 3. The number of anilines is 1. The molecule has 2 aliphatic heterocycles. The van der Waals surface area contributed by atoms with Crippen molar-refractivity contribution in [3.63, 3.8) is 0 Å². The zero-order valence-electron chi connectivity index (χ0n) is 16.0. The Hall–Kier alpha value is -2.61. The number of amides is 1. The van der Waals surface area contributed by atoms with Gasteiger partial charge >= 0.3 is 5.97 Å². The van der Waals surface area contributed by atoms with Crippen LogP contribution in [0.5, 0.6) is 0 Å². The van der Waals surface area contributed by atoms with Crippen LogP contribution >= 0.6 is 15.9 Å². The molecule has 0 bridgehead atoms. The van der Waals surface area contributed by atoms with Crippen LogP contribution in [-0.2, 0) is 29.3 Å². The average Bonchev–Trinajstić information content (AvgIpc) is 2.94. The van der Waals surface area contributed by atoms with Crippen LogP contribution in [0, 0.1) is 0 Å². The third-order valence-corrected chi connectivity index (χ3v) is 6.00. The minimum atomic E-state index is -1.67. The summed E-state index contributed by atoms with van der Waals surface area (Å²) < 4.78 is 11.8. The smallest absolute Gasteiger partial charge is 0.341 e. The largest absolute Gasteiger partial charge is 0.462 e. The van der Waals surface area contributed by atoms with Crippen molar-refractivity contribution in [1.29, 1.82) is 0 Å². The predicted molar refractivity (Wildman–Crippen MR) is 108 cm³/mol. The molecule has 1 spiro atoms. The lowest BCUT2D eigenvalue weighted by Crippen LogP contribution is -2.49. The van der Waals surface area contributed by atoms with Crippen LogP contribution < -0.4 is 11.1 Å². The second kappa shape index (κ2) is 7.33. The quantitative estimate of drug-likeness (QED) is 0.527. The molecule has 29 heavy (non-hydrogen) atoms. The topological polar surface area (TPSA) is 108 Å². The minimum Gasteiger partial charge on any atom is -0.462 e. The van der Waals surface area contributed by atoms with Crippen LogP contribution in [0.2, 0.25) is 0 Å². The van der Waals surface area contributed by atoms with Crippen molar-refractivity contribution >= 4 is 39.3 Å². The van der Waals surface area contributed by atoms with E-state index in [1.165, 1.54) is 0 Å². The van der Waals surface area contributed by atoms with Gasteiger partial charge in [0.15, 0.2) is 5.78 Å². The lowest BCUT2D eigenvalue weighted by molar-refractivity contribution is -0.141. The number of Topliss-reactive ketones (excluding diaryl/α,β-unsaturated/α-hetero) is 1. The molecular formula is C21H21BrN2O5. The number of carbonyl (C=O) groups is 3. The van der Waals surface area contributed by atoms with Gasteiger partial charge in [-0.3, -0.25) is 9.59 Å². The van der Waals surface area contributed by atoms with Crippen molar-refractivity contribution in [2.75, 3.05) is 11.9 Å². The Bertz CT molecular complexity index is 997. The fourth-order valence-corrected chi connectivity index (χ4v) is 4.60. The first-order chi connectivity index (χ1) is 13.9. The van der Waals surface area contributed by atoms with Gasteiger partial charge in [0.05, 0.1) is 12.2 Å². The summed E-state index contributed by atoms with van der Waals surface area (Å²) in [4.78, 5) is 39.6. The van der Waals surface area contributed by atoms with Crippen molar-refractivity contribution in [2.24, 2.45) is 5.73 Å². The molecule has 1 aromatic rings. The van der Waals surface area contributed by atoms with Crippen LogP contribution in [0.15, 0.2) is 45.5 Å². The number of nitrogens with two attached hydrogens (primary N) is 1. The molecule has 0 radical (unpaired) electrons. The van der Waals surface area contributed by atoms with E-state index in [4.69, 9.17) is 15.2 Å². The highest BCUT2D eigenvalue weighted by Crippen LogP contribution is 2.54. The first kappa shape index (κ1) is 19.7. The van der Waals surface area contributed by atoms with Crippen molar-refractivity contribution in [2.45, 2.75) is 44.4 Å². The first-order valence-corrected chi connectivity index (χ1v) is 10.4. The lowest BCUT2D eigenvalue weighted by Gasteiger charge is -2.38. The maximum Gasteiger partial charge on any atom is 0.341 e. The molecule has 3 aliphatic rings. The zero-order chi connectivity index (χ0) is 20.8. The number of unbranched alkanes of at least 4 members (excludes halogenated alkanes) is 1. The maximum absolute atomic E-state index is 13.4. The Balaban J connectivity index is 1.97. The number of fused-ring (bicyclic) bond motifs is 3. The van der Waals surface area contributed by atoms with Gasteiger partial charge in [0.1, 0.15) is 16.7 Å². The Morgan fingerprint density at radius 1 is 1.34 bits per heavy atom. The predicted octanol–water partition coefficient (Wildman–Crippen LogP) is 3.19. The van der Waals surface area contributed by atoms with E-state index in [9.17, 15) is 14.4 Å². The molecule has 0 saturated heterocycles. The molecule has 1 atom stereocenters. The highest BCUT2D eigenvalue weighted by molar-refractivity contribution is 9.10. The van der Waals surface area contributed by atoms with Crippen LogP contribution in [0.25, 0.3) is 0 Å². The van der Waals surface area contributed by atoms with Crippen molar-refractivity contribution in [3.8, 4) is 0 Å². The molecule has 7 nitrogen and oxygen atoms in total. The van der Waals surface area contributed by atoms with E-state index in [2.05, 4.69) is 21.2 Å². The highest BCUT2D eigenvalue weighted by atomic mass is 79.9. The van der Waals surface area contributed by atoms with E-state index in [1.54, 1.807) is 18.2 Å². The number of rotatable bonds is 4. The maximum atomic E-state index is 13.4. The normalized spacial score (nSPS) is 23.0. The van der Waals surface area contributed by atoms with E-state index in [0.29, 0.717) is 40.7 Å². The van der Waals surface area contributed by atoms with Gasteiger partial charge in [-0.25, -0.2) is 4.79 Å². The van der Waals surface area contributed by atoms with Gasteiger partial charge in [-0.1, -0.05) is 29.3 Å². The number of hydrogen-bond donors (Lipinski definition) is 2. The number of ether oxygens (including phenoxy) is 2. The van der Waals surface area contributed by atoms with Gasteiger partial charge < -0.3 is 20.5 Å². The van der Waals surface area contributed by atoms with Gasteiger partial charge in [-0.15, -0.1) is 0 Å². The van der Waals surface area contributed by atoms with E-state index in [-0.39, 0.29) is 35.8 Å². The summed E-state index contributed by atoms with van der Waals surface area (Å²) in [7, 11) is 0. The number of ketones is 1. The molecule has 1 aliphatic carbocycles. The molecule has 4 rings (SSSR count). The Morgan fingerprint density at radius 3 is 2.90 bits per heavy atom. The van der Waals surface area contributed by atoms with E-state index < -0.39 is 17.3 Å².